The van der Waals surface area contributed by atoms with E-state index in [0.29, 0.717) is 12.0 Å². The molecule has 0 unspecified atom stereocenters. The van der Waals surface area contributed by atoms with Crippen LogP contribution in [0.25, 0.3) is 0 Å². The van der Waals surface area contributed by atoms with E-state index in [1.165, 1.54) is 18.3 Å². The minimum atomic E-state index is -3.98. The van der Waals surface area contributed by atoms with Gasteiger partial charge in [0.2, 0.25) is 0 Å². The van der Waals surface area contributed by atoms with Crippen LogP contribution in [0.1, 0.15) is 22.3 Å². The molecule has 0 saturated heterocycles. The van der Waals surface area contributed by atoms with Gasteiger partial charge >= 0.3 is 0 Å². The average molecular weight is 369 g/mol. The van der Waals surface area contributed by atoms with Gasteiger partial charge in [-0.1, -0.05) is 24.3 Å². The summed E-state index contributed by atoms with van der Waals surface area (Å²) in [6, 6.07) is 13.1. The van der Waals surface area contributed by atoms with Gasteiger partial charge in [0.05, 0.1) is 17.3 Å². The van der Waals surface area contributed by atoms with Gasteiger partial charge in [-0.05, 0) is 41.8 Å². The Labute approximate surface area is 151 Å². The monoisotopic (exact) mass is 369 g/mol. The van der Waals surface area contributed by atoms with Crippen LogP contribution < -0.4 is 4.72 Å². The molecule has 0 radical (unpaired) electrons. The number of hydrogen-bond acceptors (Lipinski definition) is 3. The first-order valence-corrected chi connectivity index (χ1v) is 9.31. The summed E-state index contributed by atoms with van der Waals surface area (Å²) >= 11 is 0. The summed E-state index contributed by atoms with van der Waals surface area (Å²) in [6.07, 6.45) is 3.43. The van der Waals surface area contributed by atoms with Crippen molar-refractivity contribution in [2.45, 2.75) is 18.2 Å². The molecule has 0 fully saturated rings. The van der Waals surface area contributed by atoms with Crippen molar-refractivity contribution >= 4 is 15.7 Å². The van der Waals surface area contributed by atoms with E-state index < -0.39 is 15.8 Å². The van der Waals surface area contributed by atoms with Gasteiger partial charge in [0.25, 0.3) is 10.0 Å². The van der Waals surface area contributed by atoms with Gasteiger partial charge in [-0.2, -0.15) is 5.26 Å². The molecule has 0 spiro atoms. The number of nitrogens with zero attached hydrogens (tertiary/aromatic N) is 1. The Morgan fingerprint density at radius 1 is 1.15 bits per heavy atom. The maximum absolute atomic E-state index is 14.0. The Hall–Kier alpha value is -3.11. The number of H-pyrrole nitrogens is 1. The Balaban J connectivity index is 1.91. The normalized spacial score (nSPS) is 11.1. The molecule has 26 heavy (non-hydrogen) atoms. The molecule has 2 aromatic carbocycles. The topological polar surface area (TPSA) is 85.8 Å². The SMILES string of the molecule is Cc1ccccc1Cc1c[nH]cc1S(=O)(=O)Nc1ccc(C#N)cc1F. The van der Waals surface area contributed by atoms with Gasteiger partial charge in [0, 0.05) is 18.8 Å². The molecule has 132 valence electrons. The van der Waals surface area contributed by atoms with E-state index in [1.54, 1.807) is 12.3 Å². The number of aromatic nitrogens is 1. The molecule has 0 aliphatic rings. The van der Waals surface area contributed by atoms with Crippen molar-refractivity contribution in [2.24, 2.45) is 0 Å². The molecular formula is C19H16FN3O2S. The molecule has 3 aromatic rings. The molecule has 7 heteroatoms. The highest BCUT2D eigenvalue weighted by molar-refractivity contribution is 7.92. The summed E-state index contributed by atoms with van der Waals surface area (Å²) in [4.78, 5) is 2.87. The zero-order chi connectivity index (χ0) is 18.7. The molecule has 1 aromatic heterocycles. The molecule has 0 amide bonds. The number of aromatic amines is 1. The van der Waals surface area contributed by atoms with E-state index in [4.69, 9.17) is 5.26 Å². The predicted octanol–water partition coefficient (Wildman–Crippen LogP) is 3.73. The fourth-order valence-corrected chi connectivity index (χ4v) is 3.92. The molecular weight excluding hydrogens is 353 g/mol. The maximum Gasteiger partial charge on any atom is 0.263 e. The van der Waals surface area contributed by atoms with Crippen LogP contribution in [0.3, 0.4) is 0 Å². The summed E-state index contributed by atoms with van der Waals surface area (Å²) in [5.41, 5.74) is 2.57. The summed E-state index contributed by atoms with van der Waals surface area (Å²) in [5, 5.41) is 8.78. The minimum Gasteiger partial charge on any atom is -0.366 e. The van der Waals surface area contributed by atoms with Crippen molar-refractivity contribution in [1.29, 1.82) is 5.26 Å². The van der Waals surface area contributed by atoms with Gasteiger partial charge < -0.3 is 4.98 Å². The second-order valence-electron chi connectivity index (χ2n) is 5.86. The zero-order valence-corrected chi connectivity index (χ0v) is 14.8. The Morgan fingerprint density at radius 3 is 2.62 bits per heavy atom. The van der Waals surface area contributed by atoms with Crippen molar-refractivity contribution in [3.63, 3.8) is 0 Å². The fourth-order valence-electron chi connectivity index (χ4n) is 2.65. The van der Waals surface area contributed by atoms with E-state index in [9.17, 15) is 12.8 Å². The fraction of sp³-hybridized carbons (Fsp3) is 0.105. The van der Waals surface area contributed by atoms with E-state index in [2.05, 4.69) is 9.71 Å². The van der Waals surface area contributed by atoms with Crippen molar-refractivity contribution in [3.05, 3.63) is 82.9 Å². The second-order valence-corrected chi connectivity index (χ2v) is 7.51. The highest BCUT2D eigenvalue weighted by Crippen LogP contribution is 2.24. The average Bonchev–Trinajstić information content (AvgIpc) is 3.08. The summed E-state index contributed by atoms with van der Waals surface area (Å²) < 4.78 is 41.7. The molecule has 1 heterocycles. The van der Waals surface area contributed by atoms with Crippen molar-refractivity contribution < 1.29 is 12.8 Å². The van der Waals surface area contributed by atoms with Crippen LogP contribution in [-0.2, 0) is 16.4 Å². The number of rotatable bonds is 5. The highest BCUT2D eigenvalue weighted by Gasteiger charge is 2.21. The lowest BCUT2D eigenvalue weighted by Gasteiger charge is -2.11. The van der Waals surface area contributed by atoms with Crippen LogP contribution >= 0.6 is 0 Å². The Kier molecular flexibility index (Phi) is 4.78. The molecule has 2 N–H and O–H groups in total. The number of aryl methyl sites for hydroxylation is 1. The number of nitriles is 1. The van der Waals surface area contributed by atoms with Gasteiger partial charge in [-0.3, -0.25) is 4.72 Å². The first-order chi connectivity index (χ1) is 12.4. The van der Waals surface area contributed by atoms with Crippen LogP contribution in [-0.4, -0.2) is 13.4 Å². The van der Waals surface area contributed by atoms with Crippen molar-refractivity contribution in [1.82, 2.24) is 4.98 Å². The second kappa shape index (κ2) is 7.02. The molecule has 5 nitrogen and oxygen atoms in total. The first kappa shape index (κ1) is 17.7. The lowest BCUT2D eigenvalue weighted by molar-refractivity contribution is 0.598. The van der Waals surface area contributed by atoms with E-state index >= 15 is 0 Å². The van der Waals surface area contributed by atoms with Crippen LogP contribution in [0.5, 0.6) is 0 Å². The molecule has 0 saturated carbocycles. The molecule has 0 bridgehead atoms. The number of anilines is 1. The molecule has 0 atom stereocenters. The quantitative estimate of drug-likeness (QED) is 0.719. The third kappa shape index (κ3) is 3.60. The van der Waals surface area contributed by atoms with E-state index in [-0.39, 0.29) is 16.1 Å². The predicted molar refractivity (Wildman–Crippen MR) is 96.7 cm³/mol. The van der Waals surface area contributed by atoms with Crippen molar-refractivity contribution in [2.75, 3.05) is 4.72 Å². The van der Waals surface area contributed by atoms with Crippen LogP contribution in [0.2, 0.25) is 0 Å². The number of benzene rings is 2. The van der Waals surface area contributed by atoms with Gasteiger partial charge in [0.1, 0.15) is 10.7 Å². The lowest BCUT2D eigenvalue weighted by atomic mass is 10.0. The van der Waals surface area contributed by atoms with Gasteiger partial charge in [-0.15, -0.1) is 0 Å². The molecule has 0 aliphatic heterocycles. The third-order valence-corrected chi connectivity index (χ3v) is 5.51. The van der Waals surface area contributed by atoms with Crippen LogP contribution in [0.15, 0.2) is 59.8 Å². The minimum absolute atomic E-state index is 0.0597. The Morgan fingerprint density at radius 2 is 1.92 bits per heavy atom. The summed E-state index contributed by atoms with van der Waals surface area (Å²) in [5.74, 6) is -0.802. The van der Waals surface area contributed by atoms with Crippen LogP contribution in [0.4, 0.5) is 10.1 Å². The smallest absolute Gasteiger partial charge is 0.263 e. The van der Waals surface area contributed by atoms with E-state index in [1.807, 2.05) is 31.2 Å². The van der Waals surface area contributed by atoms with Gasteiger partial charge in [-0.25, -0.2) is 12.8 Å². The number of halogens is 1. The summed E-state index contributed by atoms with van der Waals surface area (Å²) in [6.45, 7) is 1.96. The zero-order valence-electron chi connectivity index (χ0n) is 14.0. The molecule has 0 aliphatic carbocycles. The third-order valence-electron chi connectivity index (χ3n) is 4.06. The highest BCUT2D eigenvalue weighted by atomic mass is 32.2. The van der Waals surface area contributed by atoms with Crippen LogP contribution in [0, 0.1) is 24.1 Å². The Bertz CT molecular complexity index is 1100. The molecule has 3 rings (SSSR count). The number of nitrogens with one attached hydrogen (secondary N) is 2. The van der Waals surface area contributed by atoms with Gasteiger partial charge in [0.15, 0.2) is 0 Å². The lowest BCUT2D eigenvalue weighted by Crippen LogP contribution is -2.15. The first-order valence-electron chi connectivity index (χ1n) is 7.83. The standard InChI is InChI=1S/C19H16FN3O2S/c1-13-4-2-3-5-15(13)9-16-11-22-12-19(16)26(24,25)23-18-7-6-14(10-21)8-17(18)20/h2-8,11-12,22-23H,9H2,1H3. The number of sulfonamides is 1. The number of hydrogen-bond donors (Lipinski definition) is 2. The van der Waals surface area contributed by atoms with E-state index in [0.717, 1.165) is 17.2 Å². The largest absolute Gasteiger partial charge is 0.366 e. The maximum atomic E-state index is 14.0. The summed E-state index contributed by atoms with van der Waals surface area (Å²) in [7, 11) is -3.98. The van der Waals surface area contributed by atoms with Crippen molar-refractivity contribution in [3.8, 4) is 6.07 Å².